The molecule has 2 aromatic carbocycles. The van der Waals surface area contributed by atoms with Gasteiger partial charge in [0, 0.05) is 12.1 Å². The fourth-order valence-corrected chi connectivity index (χ4v) is 3.64. The molecule has 1 amide bonds. The van der Waals surface area contributed by atoms with Gasteiger partial charge in [-0.15, -0.1) is 0 Å². The molecule has 0 aliphatic heterocycles. The van der Waals surface area contributed by atoms with Gasteiger partial charge in [0.15, 0.2) is 5.65 Å². The Morgan fingerprint density at radius 1 is 1.03 bits per heavy atom. The van der Waals surface area contributed by atoms with Crippen molar-refractivity contribution in [1.82, 2.24) is 34.8 Å². The zero-order valence-electron chi connectivity index (χ0n) is 18.3. The smallest absolute Gasteiger partial charge is 0.269 e. The number of halogens is 2. The summed E-state index contributed by atoms with van der Waals surface area (Å²) in [5.41, 5.74) is 2.37. The Morgan fingerprint density at radius 2 is 1.74 bits per heavy atom. The topological polar surface area (TPSA) is 110 Å². The summed E-state index contributed by atoms with van der Waals surface area (Å²) in [4.78, 5) is 29.6. The maximum absolute atomic E-state index is 13.1. The van der Waals surface area contributed by atoms with Crippen LogP contribution in [0.3, 0.4) is 0 Å². The minimum atomic E-state index is -0.364. The predicted octanol–water partition coefficient (Wildman–Crippen LogP) is 2.74. The standard InChI is InChI=1S/C24H19F2N7O2/c25-17-5-1-15(2-6-17)13-32-14-28-22-19(24(32)35)12-29-33(22)10-9-27-23(34)21-11-20(30-31-21)16-3-7-18(26)8-4-16/h1-8,11-12,14H,9-10,13H2,(H,27,34)(H,30,31). The summed E-state index contributed by atoms with van der Waals surface area (Å²) in [6.07, 6.45) is 2.86. The van der Waals surface area contributed by atoms with Crippen molar-refractivity contribution in [3.63, 3.8) is 0 Å². The number of amides is 1. The highest BCUT2D eigenvalue weighted by molar-refractivity contribution is 5.93. The second-order valence-electron chi connectivity index (χ2n) is 7.84. The minimum Gasteiger partial charge on any atom is -0.349 e. The van der Waals surface area contributed by atoms with Crippen molar-refractivity contribution >= 4 is 16.9 Å². The lowest BCUT2D eigenvalue weighted by molar-refractivity contribution is 0.0947. The van der Waals surface area contributed by atoms with E-state index in [1.807, 2.05) is 0 Å². The lowest BCUT2D eigenvalue weighted by Gasteiger charge is -2.07. The molecule has 3 aromatic heterocycles. The molecule has 5 aromatic rings. The van der Waals surface area contributed by atoms with Gasteiger partial charge >= 0.3 is 0 Å². The maximum Gasteiger partial charge on any atom is 0.269 e. The number of fused-ring (bicyclic) bond motifs is 1. The van der Waals surface area contributed by atoms with Gasteiger partial charge in [-0.2, -0.15) is 10.2 Å². The Morgan fingerprint density at radius 3 is 2.49 bits per heavy atom. The van der Waals surface area contributed by atoms with Crippen molar-refractivity contribution in [3.8, 4) is 11.3 Å². The number of hydrogen-bond donors (Lipinski definition) is 2. The first-order valence-corrected chi connectivity index (χ1v) is 10.7. The average molecular weight is 475 g/mol. The van der Waals surface area contributed by atoms with E-state index in [-0.39, 0.29) is 41.9 Å². The van der Waals surface area contributed by atoms with Crippen molar-refractivity contribution in [1.29, 1.82) is 0 Å². The molecule has 0 aliphatic rings. The summed E-state index contributed by atoms with van der Waals surface area (Å²) in [6.45, 7) is 0.789. The molecule has 0 aliphatic carbocycles. The number of nitrogens with one attached hydrogen (secondary N) is 2. The van der Waals surface area contributed by atoms with Gasteiger partial charge in [0.2, 0.25) is 0 Å². The van der Waals surface area contributed by atoms with Crippen LogP contribution in [-0.4, -0.2) is 42.0 Å². The highest BCUT2D eigenvalue weighted by Crippen LogP contribution is 2.18. The van der Waals surface area contributed by atoms with Crippen LogP contribution >= 0.6 is 0 Å². The van der Waals surface area contributed by atoms with Crippen molar-refractivity contribution in [2.24, 2.45) is 0 Å². The van der Waals surface area contributed by atoms with Gasteiger partial charge in [0.1, 0.15) is 29.0 Å². The average Bonchev–Trinajstić information content (AvgIpc) is 3.51. The van der Waals surface area contributed by atoms with Crippen molar-refractivity contribution in [2.75, 3.05) is 6.54 Å². The van der Waals surface area contributed by atoms with Crippen LogP contribution in [0.1, 0.15) is 16.1 Å². The van der Waals surface area contributed by atoms with Crippen molar-refractivity contribution in [3.05, 3.63) is 100 Å². The lowest BCUT2D eigenvalue weighted by Crippen LogP contribution is -2.28. The van der Waals surface area contributed by atoms with Gasteiger partial charge in [0.05, 0.1) is 25.0 Å². The first-order chi connectivity index (χ1) is 17.0. The number of hydrogen-bond acceptors (Lipinski definition) is 5. The summed E-state index contributed by atoms with van der Waals surface area (Å²) in [5.74, 6) is -1.06. The zero-order chi connectivity index (χ0) is 24.4. The van der Waals surface area contributed by atoms with Crippen LogP contribution in [0.4, 0.5) is 8.78 Å². The molecule has 0 fully saturated rings. The third-order valence-corrected chi connectivity index (χ3v) is 5.46. The van der Waals surface area contributed by atoms with E-state index in [2.05, 4.69) is 25.6 Å². The zero-order valence-corrected chi connectivity index (χ0v) is 18.3. The Kier molecular flexibility index (Phi) is 5.88. The highest BCUT2D eigenvalue weighted by Gasteiger charge is 2.13. The van der Waals surface area contributed by atoms with Crippen LogP contribution in [0.2, 0.25) is 0 Å². The Labute approximate surface area is 197 Å². The van der Waals surface area contributed by atoms with E-state index in [9.17, 15) is 18.4 Å². The lowest BCUT2D eigenvalue weighted by atomic mass is 10.1. The Bertz CT molecular complexity index is 1550. The molecule has 11 heteroatoms. The monoisotopic (exact) mass is 475 g/mol. The molecule has 35 heavy (non-hydrogen) atoms. The van der Waals surface area contributed by atoms with Gasteiger partial charge in [-0.05, 0) is 48.0 Å². The van der Waals surface area contributed by atoms with E-state index in [0.717, 1.165) is 5.56 Å². The van der Waals surface area contributed by atoms with Crippen LogP contribution in [0.5, 0.6) is 0 Å². The summed E-state index contributed by atoms with van der Waals surface area (Å²) < 4.78 is 29.2. The van der Waals surface area contributed by atoms with Gasteiger partial charge < -0.3 is 5.32 Å². The first-order valence-electron chi connectivity index (χ1n) is 10.7. The first kappa shape index (κ1) is 22.1. The minimum absolute atomic E-state index is 0.237. The third-order valence-electron chi connectivity index (χ3n) is 5.46. The summed E-state index contributed by atoms with van der Waals surface area (Å²) in [6, 6.07) is 13.3. The number of H-pyrrole nitrogens is 1. The van der Waals surface area contributed by atoms with Crippen molar-refractivity contribution < 1.29 is 13.6 Å². The molecule has 0 atom stereocenters. The number of carbonyl (C=O) groups is 1. The number of carbonyl (C=O) groups excluding carboxylic acids is 1. The SMILES string of the molecule is O=C(NCCn1ncc2c(=O)n(Cc3ccc(F)cc3)cnc21)c1cc(-c2ccc(F)cc2)n[nH]1. The highest BCUT2D eigenvalue weighted by atomic mass is 19.1. The molecular weight excluding hydrogens is 456 g/mol. The van der Waals surface area contributed by atoms with E-state index in [0.29, 0.717) is 28.8 Å². The van der Waals surface area contributed by atoms with E-state index < -0.39 is 0 Å². The molecule has 5 rings (SSSR count). The van der Waals surface area contributed by atoms with Gasteiger partial charge in [0.25, 0.3) is 11.5 Å². The van der Waals surface area contributed by atoms with Crippen molar-refractivity contribution in [2.45, 2.75) is 13.1 Å². The number of rotatable bonds is 7. The summed E-state index contributed by atoms with van der Waals surface area (Å²) in [7, 11) is 0. The largest absolute Gasteiger partial charge is 0.349 e. The third kappa shape index (κ3) is 4.69. The van der Waals surface area contributed by atoms with E-state index >= 15 is 0 Å². The van der Waals surface area contributed by atoms with Crippen LogP contribution in [0, 0.1) is 11.6 Å². The van der Waals surface area contributed by atoms with Crippen LogP contribution < -0.4 is 10.9 Å². The summed E-state index contributed by atoms with van der Waals surface area (Å²) >= 11 is 0. The quantitative estimate of drug-likeness (QED) is 0.376. The van der Waals surface area contributed by atoms with E-state index in [1.54, 1.807) is 30.3 Å². The summed E-state index contributed by atoms with van der Waals surface area (Å²) in [5, 5.41) is 14.1. The number of aromatic nitrogens is 6. The van der Waals surface area contributed by atoms with Crippen LogP contribution in [0.15, 0.2) is 71.9 Å². The number of aromatic amines is 1. The molecular formula is C24H19F2N7O2. The van der Waals surface area contributed by atoms with Crippen LogP contribution in [0.25, 0.3) is 22.3 Å². The molecule has 3 heterocycles. The molecule has 2 N–H and O–H groups in total. The molecule has 0 unspecified atom stereocenters. The molecule has 9 nitrogen and oxygen atoms in total. The second-order valence-corrected chi connectivity index (χ2v) is 7.84. The van der Waals surface area contributed by atoms with Crippen LogP contribution in [-0.2, 0) is 13.1 Å². The fourth-order valence-electron chi connectivity index (χ4n) is 3.64. The van der Waals surface area contributed by atoms with Gasteiger partial charge in [-0.1, -0.05) is 12.1 Å². The number of nitrogens with zero attached hydrogens (tertiary/aromatic N) is 5. The van der Waals surface area contributed by atoms with Gasteiger partial charge in [-0.25, -0.2) is 18.4 Å². The maximum atomic E-state index is 13.1. The number of benzene rings is 2. The van der Waals surface area contributed by atoms with Gasteiger partial charge in [-0.3, -0.25) is 19.3 Å². The molecule has 0 saturated carbocycles. The normalized spacial score (nSPS) is 11.1. The molecule has 0 saturated heterocycles. The molecule has 0 bridgehead atoms. The Balaban J connectivity index is 1.23. The Hall–Kier alpha value is -4.67. The van der Waals surface area contributed by atoms with E-state index in [4.69, 9.17) is 0 Å². The fraction of sp³-hybridized carbons (Fsp3) is 0.125. The van der Waals surface area contributed by atoms with E-state index in [1.165, 1.54) is 46.0 Å². The second kappa shape index (κ2) is 9.29. The molecule has 0 spiro atoms. The molecule has 0 radical (unpaired) electrons. The molecule has 176 valence electrons. The predicted molar refractivity (Wildman–Crippen MR) is 124 cm³/mol.